The molecule has 1 aromatic heterocycles. The van der Waals surface area contributed by atoms with Crippen LogP contribution in [0.25, 0.3) is 11.0 Å². The standard InChI is InChI=1S/C13H16N2O2/c16-11-2-1-3-12-13(11)10(9-17-12)8-15-6-4-14-5-7-15/h1-3,9,14,16H,4-8H2. The number of benzene rings is 1. The Labute approximate surface area is 99.8 Å². The smallest absolute Gasteiger partial charge is 0.137 e. The molecule has 1 fully saturated rings. The first-order valence-corrected chi connectivity index (χ1v) is 5.96. The highest BCUT2D eigenvalue weighted by atomic mass is 16.3. The molecule has 0 saturated carbocycles. The summed E-state index contributed by atoms with van der Waals surface area (Å²) in [7, 11) is 0. The number of nitrogens with one attached hydrogen (secondary N) is 1. The lowest BCUT2D eigenvalue weighted by molar-refractivity contribution is 0.233. The van der Waals surface area contributed by atoms with Gasteiger partial charge >= 0.3 is 0 Å². The Hall–Kier alpha value is -1.52. The van der Waals surface area contributed by atoms with Crippen LogP contribution in [0.3, 0.4) is 0 Å². The molecule has 0 spiro atoms. The third-order valence-electron chi connectivity index (χ3n) is 3.26. The Morgan fingerprint density at radius 1 is 1.29 bits per heavy atom. The summed E-state index contributed by atoms with van der Waals surface area (Å²) in [4.78, 5) is 2.37. The van der Waals surface area contributed by atoms with Crippen LogP contribution in [0.2, 0.25) is 0 Å². The maximum atomic E-state index is 9.88. The Morgan fingerprint density at radius 2 is 2.12 bits per heavy atom. The van der Waals surface area contributed by atoms with Crippen molar-refractivity contribution in [2.75, 3.05) is 26.2 Å². The van der Waals surface area contributed by atoms with Crippen LogP contribution in [0.5, 0.6) is 5.75 Å². The van der Waals surface area contributed by atoms with Gasteiger partial charge in [0.1, 0.15) is 11.3 Å². The highest BCUT2D eigenvalue weighted by molar-refractivity contribution is 5.87. The van der Waals surface area contributed by atoms with Gasteiger partial charge in [-0.15, -0.1) is 0 Å². The van der Waals surface area contributed by atoms with Crippen molar-refractivity contribution in [3.05, 3.63) is 30.0 Å². The van der Waals surface area contributed by atoms with E-state index in [4.69, 9.17) is 4.42 Å². The predicted octanol–water partition coefficient (Wildman–Crippen LogP) is 1.54. The molecule has 0 atom stereocenters. The average molecular weight is 232 g/mol. The lowest BCUT2D eigenvalue weighted by atomic mass is 10.1. The summed E-state index contributed by atoms with van der Waals surface area (Å²) in [6, 6.07) is 5.39. The fourth-order valence-electron chi connectivity index (χ4n) is 2.36. The Morgan fingerprint density at radius 3 is 2.94 bits per heavy atom. The molecule has 4 heteroatoms. The SMILES string of the molecule is Oc1cccc2occ(CN3CCNCC3)c12. The molecule has 0 radical (unpaired) electrons. The zero-order chi connectivity index (χ0) is 11.7. The zero-order valence-electron chi connectivity index (χ0n) is 9.65. The molecule has 1 saturated heterocycles. The highest BCUT2D eigenvalue weighted by Gasteiger charge is 2.15. The van der Waals surface area contributed by atoms with Crippen molar-refractivity contribution < 1.29 is 9.52 Å². The topological polar surface area (TPSA) is 48.6 Å². The number of piperazine rings is 1. The van der Waals surface area contributed by atoms with Crippen LogP contribution >= 0.6 is 0 Å². The maximum Gasteiger partial charge on any atom is 0.137 e. The number of phenols is 1. The largest absolute Gasteiger partial charge is 0.507 e. The molecule has 1 aromatic carbocycles. The van der Waals surface area contributed by atoms with Crippen molar-refractivity contribution in [1.82, 2.24) is 10.2 Å². The first-order valence-electron chi connectivity index (χ1n) is 5.96. The summed E-state index contributed by atoms with van der Waals surface area (Å²) in [5.74, 6) is 0.307. The van der Waals surface area contributed by atoms with E-state index in [1.807, 2.05) is 6.07 Å². The first kappa shape index (κ1) is 10.6. The van der Waals surface area contributed by atoms with Crippen LogP contribution in [0, 0.1) is 0 Å². The number of phenolic OH excluding ortho intramolecular Hbond substituents is 1. The molecule has 2 aromatic rings. The van der Waals surface area contributed by atoms with Gasteiger partial charge in [-0.25, -0.2) is 0 Å². The minimum atomic E-state index is 0.307. The molecule has 4 nitrogen and oxygen atoms in total. The van der Waals surface area contributed by atoms with E-state index < -0.39 is 0 Å². The van der Waals surface area contributed by atoms with Crippen LogP contribution in [-0.2, 0) is 6.54 Å². The van der Waals surface area contributed by atoms with Crippen molar-refractivity contribution >= 4 is 11.0 Å². The third-order valence-corrected chi connectivity index (χ3v) is 3.26. The van der Waals surface area contributed by atoms with Gasteiger partial charge in [-0.05, 0) is 12.1 Å². The first-order chi connectivity index (χ1) is 8.34. The van der Waals surface area contributed by atoms with Gasteiger partial charge in [-0.2, -0.15) is 0 Å². The molecule has 1 aliphatic rings. The van der Waals surface area contributed by atoms with Gasteiger partial charge in [-0.1, -0.05) is 6.07 Å². The molecule has 90 valence electrons. The van der Waals surface area contributed by atoms with E-state index in [9.17, 15) is 5.11 Å². The van der Waals surface area contributed by atoms with Gasteiger partial charge in [0.05, 0.1) is 11.6 Å². The predicted molar refractivity (Wildman–Crippen MR) is 66.0 cm³/mol. The number of rotatable bonds is 2. The molecule has 0 amide bonds. The molecule has 2 N–H and O–H groups in total. The van der Waals surface area contributed by atoms with Crippen molar-refractivity contribution in [3.63, 3.8) is 0 Å². The molecular weight excluding hydrogens is 216 g/mol. The highest BCUT2D eigenvalue weighted by Crippen LogP contribution is 2.30. The van der Waals surface area contributed by atoms with E-state index in [0.717, 1.165) is 49.3 Å². The monoisotopic (exact) mass is 232 g/mol. The molecule has 0 aliphatic carbocycles. The molecule has 0 bridgehead atoms. The second-order valence-corrected chi connectivity index (χ2v) is 4.44. The van der Waals surface area contributed by atoms with Gasteiger partial charge in [-0.3, -0.25) is 4.90 Å². The second kappa shape index (κ2) is 4.39. The van der Waals surface area contributed by atoms with Crippen LogP contribution < -0.4 is 5.32 Å². The Balaban J connectivity index is 1.89. The van der Waals surface area contributed by atoms with Crippen molar-refractivity contribution in [3.8, 4) is 5.75 Å². The fourth-order valence-corrected chi connectivity index (χ4v) is 2.36. The van der Waals surface area contributed by atoms with Crippen molar-refractivity contribution in [1.29, 1.82) is 0 Å². The number of hydrogen-bond acceptors (Lipinski definition) is 4. The summed E-state index contributed by atoms with van der Waals surface area (Å²) in [5.41, 5.74) is 1.83. The van der Waals surface area contributed by atoms with E-state index in [2.05, 4.69) is 10.2 Å². The van der Waals surface area contributed by atoms with Gasteiger partial charge in [0.15, 0.2) is 0 Å². The van der Waals surface area contributed by atoms with Gasteiger partial charge in [0.2, 0.25) is 0 Å². The number of fused-ring (bicyclic) bond motifs is 1. The van der Waals surface area contributed by atoms with E-state index >= 15 is 0 Å². The number of furan rings is 1. The lowest BCUT2D eigenvalue weighted by Gasteiger charge is -2.26. The molecule has 2 heterocycles. The summed E-state index contributed by atoms with van der Waals surface area (Å²) in [6.07, 6.45) is 1.76. The van der Waals surface area contributed by atoms with Crippen LogP contribution in [0.15, 0.2) is 28.9 Å². The zero-order valence-corrected chi connectivity index (χ0v) is 9.65. The minimum absolute atomic E-state index is 0.307. The quantitative estimate of drug-likeness (QED) is 0.824. The Kier molecular flexibility index (Phi) is 2.74. The summed E-state index contributed by atoms with van der Waals surface area (Å²) < 4.78 is 5.47. The third kappa shape index (κ3) is 2.01. The molecular formula is C13H16N2O2. The second-order valence-electron chi connectivity index (χ2n) is 4.44. The number of hydrogen-bond donors (Lipinski definition) is 2. The maximum absolute atomic E-state index is 9.88. The van der Waals surface area contributed by atoms with Gasteiger partial charge in [0.25, 0.3) is 0 Å². The summed E-state index contributed by atoms with van der Waals surface area (Å²) in [5, 5.41) is 14.1. The fraction of sp³-hybridized carbons (Fsp3) is 0.385. The average Bonchev–Trinajstić information content (AvgIpc) is 2.75. The van der Waals surface area contributed by atoms with Crippen molar-refractivity contribution in [2.45, 2.75) is 6.54 Å². The Bertz CT molecular complexity index is 515. The van der Waals surface area contributed by atoms with Crippen LogP contribution in [0.4, 0.5) is 0 Å². The lowest BCUT2D eigenvalue weighted by Crippen LogP contribution is -2.42. The molecule has 1 aliphatic heterocycles. The van der Waals surface area contributed by atoms with E-state index in [-0.39, 0.29) is 0 Å². The normalized spacial score (nSPS) is 17.6. The van der Waals surface area contributed by atoms with Crippen LogP contribution in [-0.4, -0.2) is 36.2 Å². The van der Waals surface area contributed by atoms with Crippen molar-refractivity contribution in [2.24, 2.45) is 0 Å². The number of aromatic hydroxyl groups is 1. The van der Waals surface area contributed by atoms with E-state index in [1.54, 1.807) is 18.4 Å². The van der Waals surface area contributed by atoms with E-state index in [1.165, 1.54) is 0 Å². The van der Waals surface area contributed by atoms with Gasteiger partial charge < -0.3 is 14.8 Å². The number of nitrogens with zero attached hydrogens (tertiary/aromatic N) is 1. The minimum Gasteiger partial charge on any atom is -0.507 e. The van der Waals surface area contributed by atoms with Crippen LogP contribution in [0.1, 0.15) is 5.56 Å². The molecule has 0 unspecified atom stereocenters. The van der Waals surface area contributed by atoms with E-state index in [0.29, 0.717) is 5.75 Å². The van der Waals surface area contributed by atoms with Gasteiger partial charge in [0, 0.05) is 38.3 Å². The molecule has 17 heavy (non-hydrogen) atoms. The molecule has 3 rings (SSSR count). The summed E-state index contributed by atoms with van der Waals surface area (Å²) in [6.45, 7) is 4.98. The summed E-state index contributed by atoms with van der Waals surface area (Å²) >= 11 is 0.